The lowest BCUT2D eigenvalue weighted by molar-refractivity contribution is -0.126. The molecule has 1 aromatic rings. The number of halogens is 2. The van der Waals surface area contributed by atoms with Crippen molar-refractivity contribution in [3.8, 4) is 0 Å². The summed E-state index contributed by atoms with van der Waals surface area (Å²) in [5.41, 5.74) is 1.42. The molecule has 0 bridgehead atoms. The van der Waals surface area contributed by atoms with Crippen LogP contribution in [0.15, 0.2) is 28.7 Å². The van der Waals surface area contributed by atoms with Gasteiger partial charge in [0.15, 0.2) is 0 Å². The first kappa shape index (κ1) is 17.7. The Balaban J connectivity index is 0.00000176. The highest BCUT2D eigenvalue weighted by atomic mass is 79.9. The van der Waals surface area contributed by atoms with Crippen molar-refractivity contribution >= 4 is 34.2 Å². The number of hydrogen-bond donors (Lipinski definition) is 2. The van der Waals surface area contributed by atoms with E-state index >= 15 is 0 Å². The average Bonchev–Trinajstić information content (AvgIpc) is 2.47. The van der Waals surface area contributed by atoms with Crippen molar-refractivity contribution in [2.45, 2.75) is 30.7 Å². The molecule has 2 fully saturated rings. The Bertz CT molecular complexity index is 517. The van der Waals surface area contributed by atoms with Crippen LogP contribution in [0.5, 0.6) is 0 Å². The summed E-state index contributed by atoms with van der Waals surface area (Å²) in [7, 11) is 0. The van der Waals surface area contributed by atoms with Gasteiger partial charge in [-0.05, 0) is 30.5 Å². The quantitative estimate of drug-likeness (QED) is 0.831. The van der Waals surface area contributed by atoms with E-state index in [0.717, 1.165) is 23.9 Å². The van der Waals surface area contributed by atoms with Crippen LogP contribution in [-0.2, 0) is 14.9 Å². The van der Waals surface area contributed by atoms with Crippen molar-refractivity contribution in [2.24, 2.45) is 0 Å². The van der Waals surface area contributed by atoms with Crippen LogP contribution in [0.25, 0.3) is 0 Å². The highest BCUT2D eigenvalue weighted by Gasteiger charge is 2.39. The largest absolute Gasteiger partial charge is 0.378 e. The average molecular weight is 390 g/mol. The van der Waals surface area contributed by atoms with E-state index in [0.29, 0.717) is 19.8 Å². The highest BCUT2D eigenvalue weighted by molar-refractivity contribution is 9.10. The van der Waals surface area contributed by atoms with Gasteiger partial charge in [-0.2, -0.15) is 0 Å². The molecule has 1 heterocycles. The Kier molecular flexibility index (Phi) is 6.26. The lowest BCUT2D eigenvalue weighted by Gasteiger charge is -2.43. The van der Waals surface area contributed by atoms with E-state index in [-0.39, 0.29) is 29.8 Å². The van der Waals surface area contributed by atoms with Crippen LogP contribution in [-0.4, -0.2) is 38.3 Å². The fraction of sp³-hybridized carbons (Fsp3) is 0.562. The first-order valence-corrected chi connectivity index (χ1v) is 8.34. The number of morpholine rings is 1. The Hall–Kier alpha value is -0.620. The van der Waals surface area contributed by atoms with E-state index in [2.05, 4.69) is 44.8 Å². The van der Waals surface area contributed by atoms with Gasteiger partial charge in [0.2, 0.25) is 5.91 Å². The molecule has 1 amide bonds. The van der Waals surface area contributed by atoms with Gasteiger partial charge in [0, 0.05) is 23.0 Å². The van der Waals surface area contributed by atoms with Gasteiger partial charge in [-0.25, -0.2) is 0 Å². The SMILES string of the molecule is Cl.O=C(NCC1(c2cccc(Br)c2)CCC1)C1COCCN1. The predicted molar refractivity (Wildman–Crippen MR) is 92.5 cm³/mol. The summed E-state index contributed by atoms with van der Waals surface area (Å²) in [6, 6.07) is 8.24. The second kappa shape index (κ2) is 7.77. The number of rotatable bonds is 4. The molecule has 1 aliphatic carbocycles. The van der Waals surface area contributed by atoms with Gasteiger partial charge in [0.05, 0.1) is 13.2 Å². The minimum absolute atomic E-state index is 0. The molecule has 0 aromatic heterocycles. The summed E-state index contributed by atoms with van der Waals surface area (Å²) < 4.78 is 6.44. The molecular formula is C16H22BrClN2O2. The smallest absolute Gasteiger partial charge is 0.239 e. The normalized spacial score (nSPS) is 23.0. The van der Waals surface area contributed by atoms with Crippen molar-refractivity contribution in [1.82, 2.24) is 10.6 Å². The van der Waals surface area contributed by atoms with Crippen molar-refractivity contribution in [3.05, 3.63) is 34.3 Å². The zero-order valence-electron chi connectivity index (χ0n) is 12.4. The molecule has 1 atom stereocenters. The Labute approximate surface area is 145 Å². The van der Waals surface area contributed by atoms with Crippen LogP contribution in [0.3, 0.4) is 0 Å². The Morgan fingerprint density at radius 2 is 2.27 bits per heavy atom. The van der Waals surface area contributed by atoms with Crippen LogP contribution < -0.4 is 10.6 Å². The standard InChI is InChI=1S/C16H21BrN2O2.ClH/c17-13-4-1-3-12(9-13)16(5-2-6-16)11-19-15(20)14-10-21-8-7-18-14;/h1,3-4,9,14,18H,2,5-8,10-11H2,(H,19,20);1H. The zero-order valence-corrected chi connectivity index (χ0v) is 14.8. The number of amides is 1. The van der Waals surface area contributed by atoms with Crippen molar-refractivity contribution in [2.75, 3.05) is 26.3 Å². The second-order valence-corrected chi connectivity index (χ2v) is 6.86. The molecule has 1 unspecified atom stereocenters. The maximum atomic E-state index is 12.2. The number of carbonyl (C=O) groups is 1. The summed E-state index contributed by atoms with van der Waals surface area (Å²) >= 11 is 3.54. The number of nitrogens with one attached hydrogen (secondary N) is 2. The fourth-order valence-corrected chi connectivity index (χ4v) is 3.50. The molecule has 1 saturated heterocycles. The van der Waals surface area contributed by atoms with Gasteiger partial charge in [-0.15, -0.1) is 12.4 Å². The molecule has 22 heavy (non-hydrogen) atoms. The van der Waals surface area contributed by atoms with Crippen LogP contribution in [0, 0.1) is 0 Å². The van der Waals surface area contributed by atoms with E-state index in [1.807, 2.05) is 6.07 Å². The van der Waals surface area contributed by atoms with E-state index in [1.165, 1.54) is 12.0 Å². The highest BCUT2D eigenvalue weighted by Crippen LogP contribution is 2.43. The molecular weight excluding hydrogens is 368 g/mol. The molecule has 1 aliphatic heterocycles. The number of carbonyl (C=O) groups excluding carboxylic acids is 1. The maximum Gasteiger partial charge on any atom is 0.239 e. The number of ether oxygens (including phenoxy) is 1. The van der Waals surface area contributed by atoms with Gasteiger partial charge in [-0.3, -0.25) is 4.79 Å². The van der Waals surface area contributed by atoms with E-state index < -0.39 is 0 Å². The lowest BCUT2D eigenvalue weighted by Crippen LogP contribution is -2.54. The first-order valence-electron chi connectivity index (χ1n) is 7.55. The maximum absolute atomic E-state index is 12.2. The zero-order chi connectivity index (χ0) is 14.7. The molecule has 122 valence electrons. The number of benzene rings is 1. The molecule has 3 rings (SSSR count). The third-order valence-corrected chi connectivity index (χ3v) is 5.08. The van der Waals surface area contributed by atoms with E-state index in [1.54, 1.807) is 0 Å². The van der Waals surface area contributed by atoms with Crippen LogP contribution in [0.1, 0.15) is 24.8 Å². The van der Waals surface area contributed by atoms with Gasteiger partial charge in [0.25, 0.3) is 0 Å². The minimum atomic E-state index is -0.210. The lowest BCUT2D eigenvalue weighted by atomic mass is 9.64. The van der Waals surface area contributed by atoms with Gasteiger partial charge in [0.1, 0.15) is 6.04 Å². The fourth-order valence-electron chi connectivity index (χ4n) is 3.10. The van der Waals surface area contributed by atoms with Crippen LogP contribution >= 0.6 is 28.3 Å². The van der Waals surface area contributed by atoms with E-state index in [4.69, 9.17) is 4.74 Å². The molecule has 0 spiro atoms. The molecule has 1 aromatic carbocycles. The molecule has 4 nitrogen and oxygen atoms in total. The van der Waals surface area contributed by atoms with E-state index in [9.17, 15) is 4.79 Å². The summed E-state index contributed by atoms with van der Waals surface area (Å²) in [6.07, 6.45) is 3.50. The predicted octanol–water partition coefficient (Wildman–Crippen LogP) is 2.40. The molecule has 2 N–H and O–H groups in total. The summed E-state index contributed by atoms with van der Waals surface area (Å²) in [4.78, 5) is 12.2. The monoisotopic (exact) mass is 388 g/mol. The minimum Gasteiger partial charge on any atom is -0.378 e. The van der Waals surface area contributed by atoms with Gasteiger partial charge >= 0.3 is 0 Å². The third-order valence-electron chi connectivity index (χ3n) is 4.59. The van der Waals surface area contributed by atoms with Crippen molar-refractivity contribution in [3.63, 3.8) is 0 Å². The summed E-state index contributed by atoms with van der Waals surface area (Å²) in [6.45, 7) is 2.61. The molecule has 2 aliphatic rings. The molecule has 0 radical (unpaired) electrons. The molecule has 1 saturated carbocycles. The Morgan fingerprint density at radius 1 is 1.45 bits per heavy atom. The van der Waals surface area contributed by atoms with Crippen molar-refractivity contribution in [1.29, 1.82) is 0 Å². The van der Waals surface area contributed by atoms with Crippen LogP contribution in [0.4, 0.5) is 0 Å². The first-order chi connectivity index (χ1) is 10.2. The van der Waals surface area contributed by atoms with Gasteiger partial charge in [-0.1, -0.05) is 34.5 Å². The summed E-state index contributed by atoms with van der Waals surface area (Å²) in [5, 5.41) is 6.31. The summed E-state index contributed by atoms with van der Waals surface area (Å²) in [5.74, 6) is 0.0518. The topological polar surface area (TPSA) is 50.4 Å². The second-order valence-electron chi connectivity index (χ2n) is 5.94. The Morgan fingerprint density at radius 3 is 2.86 bits per heavy atom. The molecule has 6 heteroatoms. The number of hydrogen-bond acceptors (Lipinski definition) is 3. The third kappa shape index (κ3) is 3.82. The van der Waals surface area contributed by atoms with Gasteiger partial charge < -0.3 is 15.4 Å². The van der Waals surface area contributed by atoms with Crippen LogP contribution in [0.2, 0.25) is 0 Å². The van der Waals surface area contributed by atoms with Crippen molar-refractivity contribution < 1.29 is 9.53 Å².